The SMILES string of the molecule is c1ccc(C2=C(c3cccnc3)[Si](c3ccccc3)(c3ccccc3)C(c3cccnc3)=C2c2ccccc2)cc1. The lowest BCUT2D eigenvalue weighted by Gasteiger charge is -2.35. The number of aromatic nitrogens is 2. The van der Waals surface area contributed by atoms with Crippen molar-refractivity contribution in [3.63, 3.8) is 0 Å². The maximum Gasteiger partial charge on any atom is 0.182 e. The first-order valence-corrected chi connectivity index (χ1v) is 15.9. The van der Waals surface area contributed by atoms with Crippen molar-refractivity contribution in [2.24, 2.45) is 0 Å². The van der Waals surface area contributed by atoms with Crippen LogP contribution in [0.15, 0.2) is 170 Å². The van der Waals surface area contributed by atoms with Gasteiger partial charge in [-0.2, -0.15) is 0 Å². The Balaban J connectivity index is 1.77. The molecule has 6 aromatic rings. The summed E-state index contributed by atoms with van der Waals surface area (Å²) in [5.41, 5.74) is 7.24. The molecule has 0 amide bonds. The highest BCUT2D eigenvalue weighted by molar-refractivity contribution is 7.29. The van der Waals surface area contributed by atoms with Gasteiger partial charge in [-0.25, -0.2) is 0 Å². The highest BCUT2D eigenvalue weighted by Crippen LogP contribution is 2.55. The van der Waals surface area contributed by atoms with Crippen molar-refractivity contribution >= 4 is 40.0 Å². The first kappa shape index (κ1) is 24.9. The predicted octanol–water partition coefficient (Wildman–Crippen LogP) is 7.35. The van der Waals surface area contributed by atoms with E-state index in [9.17, 15) is 0 Å². The number of benzene rings is 4. The highest BCUT2D eigenvalue weighted by atomic mass is 28.3. The first-order valence-electron chi connectivity index (χ1n) is 13.9. The first-order chi connectivity index (χ1) is 20.4. The Labute approximate surface area is 242 Å². The molecule has 1 aliphatic rings. The van der Waals surface area contributed by atoms with Crippen LogP contribution in [0, 0.1) is 0 Å². The summed E-state index contributed by atoms with van der Waals surface area (Å²) in [7, 11) is -2.94. The van der Waals surface area contributed by atoms with E-state index in [4.69, 9.17) is 0 Å². The van der Waals surface area contributed by atoms with E-state index in [0.717, 1.165) is 11.1 Å². The minimum atomic E-state index is -2.94. The number of hydrogen-bond acceptors (Lipinski definition) is 2. The Kier molecular flexibility index (Phi) is 6.56. The zero-order valence-electron chi connectivity index (χ0n) is 22.6. The third-order valence-electron chi connectivity index (χ3n) is 7.94. The maximum atomic E-state index is 4.66. The Morgan fingerprint density at radius 3 is 1.02 bits per heavy atom. The highest BCUT2D eigenvalue weighted by Gasteiger charge is 2.53. The zero-order valence-corrected chi connectivity index (χ0v) is 23.6. The summed E-state index contributed by atoms with van der Waals surface area (Å²) in [4.78, 5) is 9.33. The standard InChI is InChI=1S/C38H28N2Si/c1-5-15-29(16-6-1)35-36(30-17-7-2-8-18-30)38(32-20-14-26-40-28-32)41(33-21-9-3-10-22-33,34-23-11-4-12-24-34)37(35)31-19-13-25-39-27-31/h1-28H. The van der Waals surface area contributed by atoms with Crippen molar-refractivity contribution in [1.82, 2.24) is 9.97 Å². The summed E-state index contributed by atoms with van der Waals surface area (Å²) < 4.78 is 0. The van der Waals surface area contributed by atoms with Crippen LogP contribution in [-0.4, -0.2) is 18.0 Å². The van der Waals surface area contributed by atoms with Gasteiger partial charge in [0.05, 0.1) is 0 Å². The molecule has 3 heteroatoms. The summed E-state index contributed by atoms with van der Waals surface area (Å²) in [5.74, 6) is 0. The lowest BCUT2D eigenvalue weighted by atomic mass is 9.89. The molecule has 0 fully saturated rings. The van der Waals surface area contributed by atoms with Gasteiger partial charge in [-0.1, -0.05) is 133 Å². The van der Waals surface area contributed by atoms with Crippen molar-refractivity contribution < 1.29 is 0 Å². The van der Waals surface area contributed by atoms with Gasteiger partial charge in [-0.15, -0.1) is 0 Å². The quantitative estimate of drug-likeness (QED) is 0.206. The fraction of sp³-hybridized carbons (Fsp3) is 0. The predicted molar refractivity (Wildman–Crippen MR) is 173 cm³/mol. The molecule has 0 saturated carbocycles. The lowest BCUT2D eigenvalue weighted by Crippen LogP contribution is -2.59. The van der Waals surface area contributed by atoms with Crippen LogP contribution in [0.25, 0.3) is 21.5 Å². The van der Waals surface area contributed by atoms with Crippen molar-refractivity contribution in [3.8, 4) is 0 Å². The smallest absolute Gasteiger partial charge is 0.182 e. The third-order valence-corrected chi connectivity index (χ3v) is 12.9. The molecule has 0 saturated heterocycles. The van der Waals surface area contributed by atoms with Gasteiger partial charge in [0.25, 0.3) is 0 Å². The molecule has 0 bridgehead atoms. The van der Waals surface area contributed by atoms with Gasteiger partial charge in [0, 0.05) is 24.8 Å². The van der Waals surface area contributed by atoms with E-state index in [1.54, 1.807) is 0 Å². The van der Waals surface area contributed by atoms with Crippen LogP contribution in [0.3, 0.4) is 0 Å². The molecule has 0 atom stereocenters. The number of rotatable bonds is 6. The van der Waals surface area contributed by atoms with Crippen LogP contribution in [0.1, 0.15) is 22.3 Å². The molecule has 0 unspecified atom stereocenters. The van der Waals surface area contributed by atoms with Crippen molar-refractivity contribution in [2.45, 2.75) is 0 Å². The van der Waals surface area contributed by atoms with Gasteiger partial charge in [0.2, 0.25) is 0 Å². The van der Waals surface area contributed by atoms with Gasteiger partial charge in [0.15, 0.2) is 8.07 Å². The Hall–Kier alpha value is -5.12. The van der Waals surface area contributed by atoms with Crippen LogP contribution < -0.4 is 10.4 Å². The Bertz CT molecular complexity index is 1690. The summed E-state index contributed by atoms with van der Waals surface area (Å²) >= 11 is 0. The summed E-state index contributed by atoms with van der Waals surface area (Å²) in [6.07, 6.45) is 7.81. The van der Waals surface area contributed by atoms with Gasteiger partial charge in [-0.05, 0) is 66.3 Å². The van der Waals surface area contributed by atoms with Crippen molar-refractivity contribution in [1.29, 1.82) is 0 Å². The molecule has 4 aromatic carbocycles. The van der Waals surface area contributed by atoms with E-state index in [0.29, 0.717) is 0 Å². The summed E-state index contributed by atoms with van der Waals surface area (Å²) in [6.45, 7) is 0. The second-order valence-corrected chi connectivity index (χ2v) is 13.9. The lowest BCUT2D eigenvalue weighted by molar-refractivity contribution is 1.31. The van der Waals surface area contributed by atoms with Crippen molar-refractivity contribution in [3.05, 3.63) is 193 Å². The normalized spacial score (nSPS) is 14.3. The number of hydrogen-bond donors (Lipinski definition) is 0. The van der Waals surface area contributed by atoms with Crippen molar-refractivity contribution in [2.75, 3.05) is 0 Å². The molecule has 41 heavy (non-hydrogen) atoms. The molecule has 2 aromatic heterocycles. The Morgan fingerprint density at radius 2 is 0.683 bits per heavy atom. The fourth-order valence-corrected chi connectivity index (χ4v) is 12.0. The third kappa shape index (κ3) is 4.19. The molecular weight excluding hydrogens is 513 g/mol. The molecule has 0 aliphatic carbocycles. The van der Waals surface area contributed by atoms with E-state index in [1.165, 1.54) is 43.0 Å². The minimum Gasteiger partial charge on any atom is -0.264 e. The molecule has 0 radical (unpaired) electrons. The molecule has 0 N–H and O–H groups in total. The summed E-state index contributed by atoms with van der Waals surface area (Å²) in [5, 5.41) is 5.38. The largest absolute Gasteiger partial charge is 0.264 e. The topological polar surface area (TPSA) is 25.8 Å². The van der Waals surface area contributed by atoms with E-state index in [2.05, 4.69) is 156 Å². The van der Waals surface area contributed by atoms with Crippen LogP contribution in [0.4, 0.5) is 0 Å². The molecular formula is C38H28N2Si. The maximum absolute atomic E-state index is 4.66. The van der Waals surface area contributed by atoms with E-state index >= 15 is 0 Å². The summed E-state index contributed by atoms with van der Waals surface area (Å²) in [6, 6.07) is 52.5. The number of pyridine rings is 2. The molecule has 2 nitrogen and oxygen atoms in total. The molecule has 0 spiro atoms. The molecule has 7 rings (SSSR count). The van der Waals surface area contributed by atoms with E-state index in [-0.39, 0.29) is 0 Å². The van der Waals surface area contributed by atoms with E-state index < -0.39 is 8.07 Å². The number of allylic oxidation sites excluding steroid dienone is 2. The zero-order chi connectivity index (χ0) is 27.5. The van der Waals surface area contributed by atoms with E-state index in [1.807, 2.05) is 24.8 Å². The van der Waals surface area contributed by atoms with Crippen LogP contribution in [-0.2, 0) is 0 Å². The minimum absolute atomic E-state index is 1.15. The van der Waals surface area contributed by atoms with Gasteiger partial charge >= 0.3 is 0 Å². The monoisotopic (exact) mass is 540 g/mol. The average Bonchev–Trinajstić information content (AvgIpc) is 3.40. The second-order valence-electron chi connectivity index (χ2n) is 10.2. The fourth-order valence-electron chi connectivity index (χ4n) is 6.40. The van der Waals surface area contributed by atoms with Gasteiger partial charge in [-0.3, -0.25) is 9.97 Å². The Morgan fingerprint density at radius 1 is 0.341 bits per heavy atom. The van der Waals surface area contributed by atoms with Gasteiger partial charge < -0.3 is 0 Å². The van der Waals surface area contributed by atoms with Gasteiger partial charge in [0.1, 0.15) is 0 Å². The average molecular weight is 541 g/mol. The number of nitrogens with zero attached hydrogens (tertiary/aromatic N) is 2. The van der Waals surface area contributed by atoms with Crippen LogP contribution >= 0.6 is 0 Å². The second kappa shape index (κ2) is 10.8. The van der Waals surface area contributed by atoms with Crippen LogP contribution in [0.5, 0.6) is 0 Å². The molecule has 1 aliphatic heterocycles. The van der Waals surface area contributed by atoms with Crippen LogP contribution in [0.2, 0.25) is 0 Å². The molecule has 194 valence electrons. The molecule has 3 heterocycles.